The molecule has 0 saturated heterocycles. The molecule has 0 radical (unpaired) electrons. The Morgan fingerprint density at radius 3 is 2.71 bits per heavy atom. The fraction of sp³-hybridized carbons (Fsp3) is 0.214. The van der Waals surface area contributed by atoms with Gasteiger partial charge in [0.1, 0.15) is 25.0 Å². The third kappa shape index (κ3) is 4.39. The van der Waals surface area contributed by atoms with Gasteiger partial charge in [-0.2, -0.15) is 0 Å². The van der Waals surface area contributed by atoms with E-state index in [-0.39, 0.29) is 17.9 Å². The van der Waals surface area contributed by atoms with Gasteiger partial charge in [0.05, 0.1) is 4.90 Å². The van der Waals surface area contributed by atoms with E-state index >= 15 is 0 Å². The minimum absolute atomic E-state index is 0.0595. The maximum atomic E-state index is 12.0. The van der Waals surface area contributed by atoms with Crippen molar-refractivity contribution >= 4 is 15.8 Å². The molecule has 24 heavy (non-hydrogen) atoms. The predicted molar refractivity (Wildman–Crippen MR) is 82.4 cm³/mol. The van der Waals surface area contributed by atoms with Gasteiger partial charge >= 0.3 is 5.95 Å². The summed E-state index contributed by atoms with van der Waals surface area (Å²) in [4.78, 5) is 17.9. The van der Waals surface area contributed by atoms with Crippen LogP contribution in [0.1, 0.15) is 6.42 Å². The minimum Gasteiger partial charge on any atom is -0.390 e. The molecule has 1 aromatic carbocycles. The molecule has 1 aromatic heterocycles. The van der Waals surface area contributed by atoms with E-state index in [2.05, 4.69) is 21.0 Å². The normalized spacial score (nSPS) is 12.2. The van der Waals surface area contributed by atoms with E-state index in [0.717, 1.165) is 4.57 Å². The maximum absolute atomic E-state index is 12.0. The summed E-state index contributed by atoms with van der Waals surface area (Å²) >= 11 is 0. The summed E-state index contributed by atoms with van der Waals surface area (Å²) in [6, 6.07) is 7.66. The predicted octanol–water partition coefficient (Wildman–Crippen LogP) is 1.47. The van der Waals surface area contributed by atoms with Crippen LogP contribution in [0, 0.1) is 21.3 Å². The van der Waals surface area contributed by atoms with E-state index in [4.69, 9.17) is 5.26 Å². The summed E-state index contributed by atoms with van der Waals surface area (Å²) in [5.74, 6) is 1.99. The number of aromatic nitrogens is 2. The highest BCUT2D eigenvalue weighted by molar-refractivity contribution is 7.96. The largest absolute Gasteiger partial charge is 0.434 e. The van der Waals surface area contributed by atoms with E-state index < -0.39 is 26.8 Å². The van der Waals surface area contributed by atoms with Gasteiger partial charge in [-0.3, -0.25) is 5.26 Å². The number of sulfone groups is 1. The van der Waals surface area contributed by atoms with Gasteiger partial charge in [0.2, 0.25) is 9.84 Å². The van der Waals surface area contributed by atoms with Gasteiger partial charge in [-0.05, 0) is 17.1 Å². The molecule has 0 bridgehead atoms. The molecule has 2 rings (SSSR count). The van der Waals surface area contributed by atoms with Crippen LogP contribution in [0.15, 0.2) is 47.6 Å². The summed E-state index contributed by atoms with van der Waals surface area (Å²) in [5, 5.41) is 21.8. The van der Waals surface area contributed by atoms with Gasteiger partial charge < -0.3 is 10.1 Å². The third-order valence-electron chi connectivity index (χ3n) is 3.00. The lowest BCUT2D eigenvalue weighted by Crippen LogP contribution is -2.19. The topological polar surface area (TPSA) is 125 Å². The lowest BCUT2D eigenvalue weighted by atomic mass is 10.2. The smallest absolute Gasteiger partial charge is 0.390 e. The van der Waals surface area contributed by atoms with E-state index in [0.29, 0.717) is 0 Å². The molecular weight excluding hydrogens is 338 g/mol. The Morgan fingerprint density at radius 1 is 1.38 bits per heavy atom. The van der Waals surface area contributed by atoms with Crippen molar-refractivity contribution in [3.05, 3.63) is 52.8 Å². The Kier molecular flexibility index (Phi) is 5.64. The van der Waals surface area contributed by atoms with Gasteiger partial charge in [0, 0.05) is 11.7 Å². The number of imidazole rings is 1. The first-order valence-corrected chi connectivity index (χ1v) is 8.18. The molecule has 0 spiro atoms. The first-order chi connectivity index (χ1) is 11.4. The van der Waals surface area contributed by atoms with Crippen LogP contribution in [-0.4, -0.2) is 34.3 Å². The highest BCUT2D eigenvalue weighted by atomic mass is 32.2. The van der Waals surface area contributed by atoms with Crippen LogP contribution in [0.25, 0.3) is 0 Å². The molecule has 1 heterocycles. The van der Waals surface area contributed by atoms with Crippen LogP contribution in [-0.2, 0) is 21.3 Å². The average Bonchev–Trinajstić information content (AvgIpc) is 3.03. The standard InChI is InChI=1S/C14H13N3O6S/c18-17(19)14-15-8-9-16(14)11-12(23-20)5-4-10-24(21,22)13-6-2-1-3-7-13/h1-3,6-9,12,20H,5,11H2. The Morgan fingerprint density at radius 2 is 2.08 bits per heavy atom. The lowest BCUT2D eigenvalue weighted by molar-refractivity contribution is -0.397. The molecule has 1 N–H and O–H groups in total. The van der Waals surface area contributed by atoms with E-state index in [9.17, 15) is 18.5 Å². The van der Waals surface area contributed by atoms with Gasteiger partial charge in [-0.25, -0.2) is 17.9 Å². The van der Waals surface area contributed by atoms with Crippen molar-refractivity contribution in [1.29, 1.82) is 0 Å². The molecule has 0 amide bonds. The molecule has 9 nitrogen and oxygen atoms in total. The molecule has 0 aliphatic heterocycles. The molecular formula is C14H13N3O6S. The Labute approximate surface area is 137 Å². The van der Waals surface area contributed by atoms with E-state index in [1.807, 2.05) is 0 Å². The average molecular weight is 351 g/mol. The van der Waals surface area contributed by atoms with Crippen molar-refractivity contribution in [2.24, 2.45) is 0 Å². The molecule has 2 aromatic rings. The summed E-state index contributed by atoms with van der Waals surface area (Å²) in [6.07, 6.45) is 1.49. The maximum Gasteiger partial charge on any atom is 0.434 e. The molecule has 126 valence electrons. The van der Waals surface area contributed by atoms with Crippen LogP contribution < -0.4 is 0 Å². The van der Waals surface area contributed by atoms with Crippen molar-refractivity contribution < 1.29 is 23.5 Å². The fourth-order valence-corrected chi connectivity index (χ4v) is 2.79. The Hall–Kier alpha value is -2.74. The summed E-state index contributed by atoms with van der Waals surface area (Å²) in [5.41, 5.74) is 0. The molecule has 1 unspecified atom stereocenters. The number of hydrogen-bond donors (Lipinski definition) is 1. The molecule has 10 heteroatoms. The number of benzene rings is 1. The summed E-state index contributed by atoms with van der Waals surface area (Å²) < 4.78 is 25.1. The number of nitrogens with zero attached hydrogens (tertiary/aromatic N) is 3. The van der Waals surface area contributed by atoms with Crippen molar-refractivity contribution in [3.8, 4) is 11.2 Å². The van der Waals surface area contributed by atoms with Crippen LogP contribution in [0.4, 0.5) is 5.95 Å². The zero-order valence-electron chi connectivity index (χ0n) is 12.3. The summed E-state index contributed by atoms with van der Waals surface area (Å²) in [7, 11) is -3.77. The number of hydrogen-bond acceptors (Lipinski definition) is 7. The Balaban J connectivity index is 2.07. The van der Waals surface area contributed by atoms with Gasteiger partial charge in [0.25, 0.3) is 0 Å². The second kappa shape index (κ2) is 7.69. The molecule has 0 fully saturated rings. The van der Waals surface area contributed by atoms with Gasteiger partial charge in [-0.1, -0.05) is 29.1 Å². The first kappa shape index (κ1) is 17.6. The second-order valence-corrected chi connectivity index (χ2v) is 6.35. The second-order valence-electron chi connectivity index (χ2n) is 4.66. The van der Waals surface area contributed by atoms with Crippen molar-refractivity contribution in [3.63, 3.8) is 0 Å². The Bertz CT molecular complexity index is 867. The zero-order chi connectivity index (χ0) is 17.6. The molecule has 0 saturated carbocycles. The third-order valence-corrected chi connectivity index (χ3v) is 4.30. The van der Waals surface area contributed by atoms with E-state index in [1.165, 1.54) is 24.5 Å². The van der Waals surface area contributed by atoms with Crippen LogP contribution in [0.5, 0.6) is 0 Å². The SMILES string of the molecule is O=[N+]([O-])c1nccn1CC(CC#CS(=O)(=O)c1ccccc1)OO. The van der Waals surface area contributed by atoms with Gasteiger partial charge in [-0.15, -0.1) is 0 Å². The fourth-order valence-electron chi connectivity index (χ4n) is 1.88. The van der Waals surface area contributed by atoms with E-state index in [1.54, 1.807) is 18.2 Å². The monoisotopic (exact) mass is 351 g/mol. The molecule has 0 aliphatic carbocycles. The highest BCUT2D eigenvalue weighted by Gasteiger charge is 2.19. The number of rotatable bonds is 6. The van der Waals surface area contributed by atoms with Crippen LogP contribution >= 0.6 is 0 Å². The van der Waals surface area contributed by atoms with Crippen molar-refractivity contribution in [2.45, 2.75) is 24.0 Å². The lowest BCUT2D eigenvalue weighted by Gasteiger charge is -2.09. The molecule has 0 aliphatic rings. The van der Waals surface area contributed by atoms with Crippen molar-refractivity contribution in [2.75, 3.05) is 0 Å². The van der Waals surface area contributed by atoms with Crippen LogP contribution in [0.2, 0.25) is 0 Å². The van der Waals surface area contributed by atoms with Crippen molar-refractivity contribution in [1.82, 2.24) is 9.55 Å². The number of nitro groups is 1. The van der Waals surface area contributed by atoms with Gasteiger partial charge in [0.15, 0.2) is 0 Å². The minimum atomic E-state index is -3.77. The quantitative estimate of drug-likeness (QED) is 0.275. The zero-order valence-corrected chi connectivity index (χ0v) is 13.1. The van der Waals surface area contributed by atoms with Crippen LogP contribution in [0.3, 0.4) is 0 Å². The first-order valence-electron chi connectivity index (χ1n) is 6.69. The highest BCUT2D eigenvalue weighted by Crippen LogP contribution is 2.12. The summed E-state index contributed by atoms with van der Waals surface area (Å²) in [6.45, 7) is -0.104. The molecule has 1 atom stereocenters.